The molecular formula is C21H24ClN3O3. The number of hydrogen-bond acceptors (Lipinski definition) is 4. The van der Waals surface area contributed by atoms with Gasteiger partial charge in [-0.05, 0) is 62.4 Å². The van der Waals surface area contributed by atoms with Gasteiger partial charge in [-0.15, -0.1) is 0 Å². The van der Waals surface area contributed by atoms with Crippen molar-refractivity contribution in [2.24, 2.45) is 0 Å². The van der Waals surface area contributed by atoms with Crippen LogP contribution in [0.5, 0.6) is 5.75 Å². The zero-order valence-electron chi connectivity index (χ0n) is 15.9. The van der Waals surface area contributed by atoms with E-state index in [2.05, 4.69) is 5.10 Å². The molecule has 4 rings (SSSR count). The van der Waals surface area contributed by atoms with E-state index in [9.17, 15) is 9.59 Å². The lowest BCUT2D eigenvalue weighted by Crippen LogP contribution is -2.43. The lowest BCUT2D eigenvalue weighted by molar-refractivity contribution is -0.134. The molecule has 6 nitrogen and oxygen atoms in total. The molecule has 1 aliphatic heterocycles. The second kappa shape index (κ2) is 7.95. The molecule has 7 heteroatoms. The van der Waals surface area contributed by atoms with Gasteiger partial charge >= 0.3 is 0 Å². The van der Waals surface area contributed by atoms with Crippen molar-refractivity contribution in [3.05, 3.63) is 57.0 Å². The first-order chi connectivity index (χ1) is 13.5. The number of hydrogen-bond donors (Lipinski definition) is 0. The number of halogens is 1. The minimum absolute atomic E-state index is 0.00109. The number of benzene rings is 1. The number of nitrogens with zero attached hydrogens (tertiary/aromatic N) is 3. The number of ether oxygens (including phenoxy) is 1. The van der Waals surface area contributed by atoms with Gasteiger partial charge in [-0.1, -0.05) is 11.6 Å². The summed E-state index contributed by atoms with van der Waals surface area (Å²) in [4.78, 5) is 26.5. The molecule has 1 aliphatic carbocycles. The van der Waals surface area contributed by atoms with Gasteiger partial charge in [0.15, 0.2) is 6.61 Å². The Morgan fingerprint density at radius 1 is 1.18 bits per heavy atom. The summed E-state index contributed by atoms with van der Waals surface area (Å²) in [7, 11) is 0. The van der Waals surface area contributed by atoms with Crippen LogP contribution >= 0.6 is 11.6 Å². The van der Waals surface area contributed by atoms with E-state index < -0.39 is 0 Å². The molecule has 2 fully saturated rings. The van der Waals surface area contributed by atoms with Gasteiger partial charge in [0.2, 0.25) is 0 Å². The largest absolute Gasteiger partial charge is 0.484 e. The van der Waals surface area contributed by atoms with Crippen molar-refractivity contribution in [1.82, 2.24) is 14.7 Å². The maximum atomic E-state index is 12.5. The summed E-state index contributed by atoms with van der Waals surface area (Å²) in [5, 5.41) is 5.26. The molecule has 0 spiro atoms. The Morgan fingerprint density at radius 3 is 2.61 bits per heavy atom. The van der Waals surface area contributed by atoms with Crippen molar-refractivity contribution in [3.63, 3.8) is 0 Å². The Morgan fingerprint density at radius 2 is 1.93 bits per heavy atom. The van der Waals surface area contributed by atoms with Gasteiger partial charge in [-0.3, -0.25) is 9.59 Å². The number of rotatable bonds is 5. The first-order valence-electron chi connectivity index (χ1n) is 9.78. The van der Waals surface area contributed by atoms with Crippen molar-refractivity contribution in [3.8, 4) is 5.75 Å². The molecule has 1 saturated heterocycles. The van der Waals surface area contributed by atoms with Crippen molar-refractivity contribution < 1.29 is 9.53 Å². The van der Waals surface area contributed by atoms with Crippen LogP contribution in [0.2, 0.25) is 5.02 Å². The second-order valence-corrected chi connectivity index (χ2v) is 8.03. The van der Waals surface area contributed by atoms with Crippen LogP contribution in [0.15, 0.2) is 35.1 Å². The number of likely N-dealkylation sites (tertiary alicyclic amines) is 1. The molecule has 0 N–H and O–H groups in total. The standard InChI is InChI=1S/C21H24ClN3O3/c1-14-12-17(4-5-18(14)22)28-13-21(27)24-10-8-16(9-11-24)25-20(26)7-6-19(23-25)15-2-3-15/h4-7,12,15-16H,2-3,8-11,13H2,1H3. The van der Waals surface area contributed by atoms with Crippen LogP contribution in [0.3, 0.4) is 0 Å². The fourth-order valence-electron chi connectivity index (χ4n) is 3.60. The number of piperidine rings is 1. The first kappa shape index (κ1) is 19.0. The molecular weight excluding hydrogens is 378 g/mol. The minimum atomic E-state index is -0.0596. The number of carbonyl (C=O) groups excluding carboxylic acids is 1. The average Bonchev–Trinajstić information content (AvgIpc) is 3.54. The molecule has 0 bridgehead atoms. The highest BCUT2D eigenvalue weighted by Crippen LogP contribution is 2.38. The van der Waals surface area contributed by atoms with Crippen LogP contribution in [0.25, 0.3) is 0 Å². The molecule has 28 heavy (non-hydrogen) atoms. The van der Waals surface area contributed by atoms with E-state index in [4.69, 9.17) is 16.3 Å². The smallest absolute Gasteiger partial charge is 0.267 e. The maximum Gasteiger partial charge on any atom is 0.267 e. The molecule has 2 aliphatic rings. The normalized spacial score (nSPS) is 17.6. The van der Waals surface area contributed by atoms with Gasteiger partial charge in [-0.2, -0.15) is 5.10 Å². The maximum absolute atomic E-state index is 12.5. The summed E-state index contributed by atoms with van der Waals surface area (Å²) < 4.78 is 7.25. The highest BCUT2D eigenvalue weighted by Gasteiger charge is 2.28. The highest BCUT2D eigenvalue weighted by atomic mass is 35.5. The van der Waals surface area contributed by atoms with E-state index in [1.807, 2.05) is 19.1 Å². The molecule has 148 valence electrons. The molecule has 0 atom stereocenters. The van der Waals surface area contributed by atoms with E-state index in [0.29, 0.717) is 29.8 Å². The van der Waals surface area contributed by atoms with E-state index in [1.165, 1.54) is 0 Å². The van der Waals surface area contributed by atoms with E-state index in [1.54, 1.807) is 27.8 Å². The van der Waals surface area contributed by atoms with Crippen LogP contribution < -0.4 is 10.3 Å². The molecule has 0 radical (unpaired) electrons. The Labute approximate surface area is 169 Å². The Balaban J connectivity index is 1.32. The van der Waals surface area contributed by atoms with Crippen molar-refractivity contribution in [1.29, 1.82) is 0 Å². The zero-order chi connectivity index (χ0) is 19.7. The van der Waals surface area contributed by atoms with E-state index in [0.717, 1.165) is 36.9 Å². The van der Waals surface area contributed by atoms with Gasteiger partial charge < -0.3 is 9.64 Å². The molecule has 1 aromatic heterocycles. The molecule has 1 aromatic carbocycles. The summed E-state index contributed by atoms with van der Waals surface area (Å²) in [6.07, 6.45) is 3.77. The lowest BCUT2D eigenvalue weighted by atomic mass is 10.1. The van der Waals surface area contributed by atoms with Gasteiger partial charge in [0.1, 0.15) is 5.75 Å². The number of amides is 1. The van der Waals surface area contributed by atoms with Crippen molar-refractivity contribution >= 4 is 17.5 Å². The second-order valence-electron chi connectivity index (χ2n) is 7.63. The number of aromatic nitrogens is 2. The predicted molar refractivity (Wildman–Crippen MR) is 107 cm³/mol. The number of carbonyl (C=O) groups is 1. The summed E-state index contributed by atoms with van der Waals surface area (Å²) in [6, 6.07) is 8.88. The van der Waals surface area contributed by atoms with Crippen molar-refractivity contribution in [2.75, 3.05) is 19.7 Å². The van der Waals surface area contributed by atoms with Crippen LogP contribution in [-0.2, 0) is 4.79 Å². The SMILES string of the molecule is Cc1cc(OCC(=O)N2CCC(n3nc(C4CC4)ccc3=O)CC2)ccc1Cl. The molecule has 1 amide bonds. The van der Waals surface area contributed by atoms with Crippen LogP contribution in [0, 0.1) is 6.92 Å². The summed E-state index contributed by atoms with van der Waals surface area (Å²) in [6.45, 7) is 3.11. The third-order valence-electron chi connectivity index (χ3n) is 5.50. The van der Waals surface area contributed by atoms with E-state index in [-0.39, 0.29) is 24.1 Å². The number of aryl methyl sites for hydroxylation is 1. The zero-order valence-corrected chi connectivity index (χ0v) is 16.7. The van der Waals surface area contributed by atoms with Crippen LogP contribution in [-0.4, -0.2) is 40.3 Å². The van der Waals surface area contributed by atoms with Gasteiger partial charge in [-0.25, -0.2) is 4.68 Å². The third-order valence-corrected chi connectivity index (χ3v) is 5.92. The van der Waals surface area contributed by atoms with Gasteiger partial charge in [0.05, 0.1) is 11.7 Å². The minimum Gasteiger partial charge on any atom is -0.484 e. The van der Waals surface area contributed by atoms with Crippen LogP contribution in [0.4, 0.5) is 0 Å². The Hall–Kier alpha value is -2.34. The lowest BCUT2D eigenvalue weighted by Gasteiger charge is -2.32. The van der Waals surface area contributed by atoms with Crippen LogP contribution in [0.1, 0.15) is 48.9 Å². The molecule has 1 saturated carbocycles. The third kappa shape index (κ3) is 4.22. The topological polar surface area (TPSA) is 64.4 Å². The summed E-state index contributed by atoms with van der Waals surface area (Å²) in [5.41, 5.74) is 1.87. The Kier molecular flexibility index (Phi) is 5.40. The molecule has 2 aromatic rings. The van der Waals surface area contributed by atoms with Gasteiger partial charge in [0.25, 0.3) is 11.5 Å². The summed E-state index contributed by atoms with van der Waals surface area (Å²) >= 11 is 6.01. The fraction of sp³-hybridized carbons (Fsp3) is 0.476. The first-order valence-corrected chi connectivity index (χ1v) is 10.2. The quantitative estimate of drug-likeness (QED) is 0.770. The molecule has 0 unspecified atom stereocenters. The monoisotopic (exact) mass is 401 g/mol. The average molecular weight is 402 g/mol. The summed E-state index contributed by atoms with van der Waals surface area (Å²) in [5.74, 6) is 1.11. The predicted octanol–water partition coefficient (Wildman–Crippen LogP) is 3.33. The van der Waals surface area contributed by atoms with Crippen molar-refractivity contribution in [2.45, 2.75) is 44.6 Å². The Bertz CT molecular complexity index is 931. The highest BCUT2D eigenvalue weighted by molar-refractivity contribution is 6.31. The molecule has 2 heterocycles. The van der Waals surface area contributed by atoms with E-state index >= 15 is 0 Å². The fourth-order valence-corrected chi connectivity index (χ4v) is 3.72. The van der Waals surface area contributed by atoms with Gasteiger partial charge in [0, 0.05) is 30.1 Å².